The van der Waals surface area contributed by atoms with E-state index in [9.17, 15) is 0 Å². The number of hydrogen-bond acceptors (Lipinski definition) is 2. The molecule has 3 heteroatoms. The molecule has 0 aliphatic rings. The first-order valence-electron chi connectivity index (χ1n) is 21.0. The molecule has 11 aromatic rings. The number of pyridine rings is 1. The largest absolute Gasteiger partial charge is 0.296 e. The molecule has 0 N–H and O–H groups in total. The first-order valence-corrected chi connectivity index (χ1v) is 21.0. The highest BCUT2D eigenvalue weighted by Gasteiger charge is 2.18. The van der Waals surface area contributed by atoms with Gasteiger partial charge in [-0.05, 0) is 115 Å². The molecule has 61 heavy (non-hydrogen) atoms. The first kappa shape index (κ1) is 36.2. The molecule has 288 valence electrons. The SMILES string of the molecule is CCc1nc2ccccc2n1-c1cc(-c2cc(-c3ccc(-c4ccccc4)cc3)cc(-c3ccc(-c4ccccc4)cc3)n2)cc(-c2cc3ccccc3c3ccccc23)c1. The Bertz CT molecular complexity index is 3260. The number of rotatable bonds is 8. The van der Waals surface area contributed by atoms with E-state index in [2.05, 4.69) is 230 Å². The zero-order valence-electron chi connectivity index (χ0n) is 33.8. The van der Waals surface area contributed by atoms with Crippen molar-refractivity contribution in [2.75, 3.05) is 0 Å². The van der Waals surface area contributed by atoms with Gasteiger partial charge >= 0.3 is 0 Å². The summed E-state index contributed by atoms with van der Waals surface area (Å²) in [5, 5.41) is 4.92. The minimum atomic E-state index is 0.795. The van der Waals surface area contributed by atoms with Gasteiger partial charge in [0.2, 0.25) is 0 Å². The van der Waals surface area contributed by atoms with Crippen LogP contribution < -0.4 is 0 Å². The lowest BCUT2D eigenvalue weighted by atomic mass is 9.91. The average molecular weight is 780 g/mol. The van der Waals surface area contributed by atoms with Crippen LogP contribution in [0.25, 0.3) is 105 Å². The molecule has 0 amide bonds. The standard InChI is InChI=1S/C58H41N3/c1-2-58-60-54-23-13-14-24-57(54)61(58)49-34-47(53-36-45-19-9-10-20-50(45)51-21-11-12-22-52(51)53)33-48(35-49)56-38-46(43-27-25-41(26-28-43)39-15-5-3-6-16-39)37-55(59-56)44-31-29-42(30-32-44)40-17-7-4-8-18-40/h3-38H,2H2,1H3. The van der Waals surface area contributed by atoms with Gasteiger partial charge in [-0.1, -0.05) is 177 Å². The number of para-hydroxylation sites is 2. The number of imidazole rings is 1. The number of benzene rings is 9. The Balaban J connectivity index is 1.15. The molecule has 9 aromatic carbocycles. The first-order chi connectivity index (χ1) is 30.2. The Morgan fingerprint density at radius 2 is 0.869 bits per heavy atom. The fourth-order valence-corrected chi connectivity index (χ4v) is 8.88. The van der Waals surface area contributed by atoms with Crippen LogP contribution in [0.3, 0.4) is 0 Å². The molecule has 0 spiro atoms. The van der Waals surface area contributed by atoms with Crippen molar-refractivity contribution in [1.29, 1.82) is 0 Å². The molecule has 0 unspecified atom stereocenters. The van der Waals surface area contributed by atoms with Gasteiger partial charge in [-0.3, -0.25) is 4.57 Å². The van der Waals surface area contributed by atoms with Crippen molar-refractivity contribution in [2.45, 2.75) is 13.3 Å². The van der Waals surface area contributed by atoms with Crippen LogP contribution >= 0.6 is 0 Å². The van der Waals surface area contributed by atoms with Crippen molar-refractivity contribution in [2.24, 2.45) is 0 Å². The van der Waals surface area contributed by atoms with Gasteiger partial charge in [0.1, 0.15) is 5.82 Å². The van der Waals surface area contributed by atoms with Crippen LogP contribution in [0, 0.1) is 0 Å². The lowest BCUT2D eigenvalue weighted by Gasteiger charge is -2.17. The number of nitrogens with zero attached hydrogens (tertiary/aromatic N) is 3. The van der Waals surface area contributed by atoms with Crippen molar-refractivity contribution >= 4 is 32.6 Å². The second-order valence-electron chi connectivity index (χ2n) is 15.7. The second kappa shape index (κ2) is 15.4. The number of aromatic nitrogens is 3. The topological polar surface area (TPSA) is 30.7 Å². The van der Waals surface area contributed by atoms with Crippen LogP contribution in [0.4, 0.5) is 0 Å². The molecule has 0 aliphatic carbocycles. The normalized spacial score (nSPS) is 11.4. The predicted molar refractivity (Wildman–Crippen MR) is 256 cm³/mol. The van der Waals surface area contributed by atoms with E-state index >= 15 is 0 Å². The molecular formula is C58H41N3. The minimum absolute atomic E-state index is 0.795. The van der Waals surface area contributed by atoms with Crippen molar-refractivity contribution in [1.82, 2.24) is 14.5 Å². The van der Waals surface area contributed by atoms with Gasteiger partial charge in [0.25, 0.3) is 0 Å². The Kier molecular flexibility index (Phi) is 9.13. The van der Waals surface area contributed by atoms with Crippen LogP contribution in [-0.4, -0.2) is 14.5 Å². The molecule has 0 aliphatic heterocycles. The van der Waals surface area contributed by atoms with Crippen LogP contribution in [0.15, 0.2) is 218 Å². The lowest BCUT2D eigenvalue weighted by Crippen LogP contribution is -2.02. The summed E-state index contributed by atoms with van der Waals surface area (Å²) in [6, 6.07) is 78.6. The van der Waals surface area contributed by atoms with Crippen molar-refractivity contribution in [3.63, 3.8) is 0 Å². The zero-order chi connectivity index (χ0) is 40.7. The monoisotopic (exact) mass is 779 g/mol. The summed E-state index contributed by atoms with van der Waals surface area (Å²) in [6.07, 6.45) is 0.795. The maximum Gasteiger partial charge on any atom is 0.114 e. The summed E-state index contributed by atoms with van der Waals surface area (Å²) in [5.41, 5.74) is 16.4. The van der Waals surface area contributed by atoms with E-state index in [1.54, 1.807) is 0 Å². The predicted octanol–water partition coefficient (Wildman–Crippen LogP) is 15.3. The van der Waals surface area contributed by atoms with E-state index < -0.39 is 0 Å². The minimum Gasteiger partial charge on any atom is -0.296 e. The van der Waals surface area contributed by atoms with Crippen molar-refractivity contribution < 1.29 is 0 Å². The van der Waals surface area contributed by atoms with Crippen LogP contribution in [-0.2, 0) is 6.42 Å². The van der Waals surface area contributed by atoms with Gasteiger partial charge in [-0.15, -0.1) is 0 Å². The third-order valence-electron chi connectivity index (χ3n) is 11.9. The van der Waals surface area contributed by atoms with Gasteiger partial charge in [0, 0.05) is 23.2 Å². The van der Waals surface area contributed by atoms with Crippen LogP contribution in [0.1, 0.15) is 12.7 Å². The fourth-order valence-electron chi connectivity index (χ4n) is 8.88. The van der Waals surface area contributed by atoms with Gasteiger partial charge in [0.05, 0.1) is 22.4 Å². The molecule has 11 rings (SSSR count). The zero-order valence-corrected chi connectivity index (χ0v) is 33.8. The summed E-state index contributed by atoms with van der Waals surface area (Å²) in [4.78, 5) is 10.6. The fraction of sp³-hybridized carbons (Fsp3) is 0.0345. The lowest BCUT2D eigenvalue weighted by molar-refractivity contribution is 0.908. The Hall–Kier alpha value is -7.88. The number of aryl methyl sites for hydroxylation is 1. The van der Waals surface area contributed by atoms with E-state index in [-0.39, 0.29) is 0 Å². The number of fused-ring (bicyclic) bond motifs is 4. The summed E-state index contributed by atoms with van der Waals surface area (Å²) in [6.45, 7) is 2.18. The van der Waals surface area contributed by atoms with Crippen molar-refractivity contribution in [3.05, 3.63) is 224 Å². The third kappa shape index (κ3) is 6.76. The molecule has 2 heterocycles. The maximum absolute atomic E-state index is 5.52. The molecule has 0 bridgehead atoms. The highest BCUT2D eigenvalue weighted by Crippen LogP contribution is 2.40. The molecule has 0 fully saturated rings. The molecule has 0 radical (unpaired) electrons. The van der Waals surface area contributed by atoms with Gasteiger partial charge in [0.15, 0.2) is 0 Å². The molecule has 0 saturated carbocycles. The van der Waals surface area contributed by atoms with E-state index in [0.29, 0.717) is 0 Å². The van der Waals surface area contributed by atoms with E-state index in [0.717, 1.165) is 68.2 Å². The smallest absolute Gasteiger partial charge is 0.114 e. The molecule has 3 nitrogen and oxygen atoms in total. The number of hydrogen-bond donors (Lipinski definition) is 0. The quantitative estimate of drug-likeness (QED) is 0.144. The average Bonchev–Trinajstić information content (AvgIpc) is 3.73. The van der Waals surface area contributed by atoms with E-state index in [1.165, 1.54) is 49.4 Å². The Labute approximate surface area is 355 Å². The van der Waals surface area contributed by atoms with Gasteiger partial charge in [-0.25, -0.2) is 9.97 Å². The summed E-state index contributed by atoms with van der Waals surface area (Å²) >= 11 is 0. The third-order valence-corrected chi connectivity index (χ3v) is 11.9. The molecule has 0 atom stereocenters. The molecular weight excluding hydrogens is 739 g/mol. The van der Waals surface area contributed by atoms with Gasteiger partial charge in [-0.2, -0.15) is 0 Å². The Morgan fingerprint density at radius 3 is 1.54 bits per heavy atom. The second-order valence-corrected chi connectivity index (χ2v) is 15.7. The van der Waals surface area contributed by atoms with Crippen molar-refractivity contribution in [3.8, 4) is 72.7 Å². The van der Waals surface area contributed by atoms with Crippen LogP contribution in [0.5, 0.6) is 0 Å². The summed E-state index contributed by atoms with van der Waals surface area (Å²) in [7, 11) is 0. The van der Waals surface area contributed by atoms with E-state index in [1.807, 2.05) is 0 Å². The van der Waals surface area contributed by atoms with Crippen LogP contribution in [0.2, 0.25) is 0 Å². The van der Waals surface area contributed by atoms with E-state index in [4.69, 9.17) is 9.97 Å². The highest BCUT2D eigenvalue weighted by atomic mass is 15.1. The highest BCUT2D eigenvalue weighted by molar-refractivity contribution is 6.14. The molecule has 2 aromatic heterocycles. The summed E-state index contributed by atoms with van der Waals surface area (Å²) in [5.74, 6) is 1.02. The maximum atomic E-state index is 5.52. The molecule has 0 saturated heterocycles. The summed E-state index contributed by atoms with van der Waals surface area (Å²) < 4.78 is 2.33. The Morgan fingerprint density at radius 1 is 0.361 bits per heavy atom. The van der Waals surface area contributed by atoms with Gasteiger partial charge < -0.3 is 0 Å².